The summed E-state index contributed by atoms with van der Waals surface area (Å²) in [6, 6.07) is 7.45. The molecule has 2 aromatic rings. The molecule has 1 aromatic heterocycles. The predicted molar refractivity (Wildman–Crippen MR) is 112 cm³/mol. The Labute approximate surface area is 172 Å². The minimum absolute atomic E-state index is 0.0493. The number of nitrogens with zero attached hydrogens (tertiary/aromatic N) is 2. The highest BCUT2D eigenvalue weighted by Crippen LogP contribution is 2.25. The molecule has 0 radical (unpaired) electrons. The third kappa shape index (κ3) is 5.17. The summed E-state index contributed by atoms with van der Waals surface area (Å²) in [6.07, 6.45) is 5.28. The largest absolute Gasteiger partial charge is 0.326 e. The summed E-state index contributed by atoms with van der Waals surface area (Å²) < 4.78 is 0.857. The van der Waals surface area contributed by atoms with Crippen molar-refractivity contribution in [2.75, 3.05) is 11.9 Å². The number of benzene rings is 1. The lowest BCUT2D eigenvalue weighted by molar-refractivity contribution is -0.117. The standard InChI is InChI=1S/C20H24BrN3O2S/c1-13-14(2)27-20(22-13)23-18(25)12-24(17-9-4-3-5-10-17)19(26)15-7-6-8-16(21)11-15/h6-8,11,17H,3-5,9-10,12H2,1-2H3,(H,22,23,25). The third-order valence-corrected chi connectivity index (χ3v) is 6.42. The Balaban J connectivity index is 1.76. The van der Waals surface area contributed by atoms with E-state index in [1.165, 1.54) is 17.8 Å². The van der Waals surface area contributed by atoms with Crippen LogP contribution in [0.4, 0.5) is 5.13 Å². The van der Waals surface area contributed by atoms with Gasteiger partial charge in [0.15, 0.2) is 5.13 Å². The number of thiazole rings is 1. The highest BCUT2D eigenvalue weighted by molar-refractivity contribution is 9.10. The van der Waals surface area contributed by atoms with Crippen LogP contribution in [-0.4, -0.2) is 34.3 Å². The zero-order valence-electron chi connectivity index (χ0n) is 15.6. The molecule has 0 aliphatic heterocycles. The lowest BCUT2D eigenvalue weighted by Crippen LogP contribution is -2.45. The number of hydrogen-bond donors (Lipinski definition) is 1. The van der Waals surface area contributed by atoms with Gasteiger partial charge in [-0.15, -0.1) is 11.3 Å². The second kappa shape index (κ2) is 8.97. The molecule has 1 aromatic carbocycles. The fourth-order valence-corrected chi connectivity index (χ4v) is 4.62. The first-order valence-electron chi connectivity index (χ1n) is 9.24. The van der Waals surface area contributed by atoms with Gasteiger partial charge in [0, 0.05) is 21.0 Å². The van der Waals surface area contributed by atoms with Crippen LogP contribution in [0.3, 0.4) is 0 Å². The Morgan fingerprint density at radius 1 is 1.26 bits per heavy atom. The van der Waals surface area contributed by atoms with Crippen LogP contribution >= 0.6 is 27.3 Å². The molecule has 1 aliphatic rings. The quantitative estimate of drug-likeness (QED) is 0.702. The number of anilines is 1. The lowest BCUT2D eigenvalue weighted by atomic mass is 9.93. The van der Waals surface area contributed by atoms with Crippen LogP contribution in [0.1, 0.15) is 53.0 Å². The number of aromatic nitrogens is 1. The molecule has 7 heteroatoms. The number of aryl methyl sites for hydroxylation is 2. The molecule has 2 amide bonds. The Bertz CT molecular complexity index is 811. The summed E-state index contributed by atoms with van der Waals surface area (Å²) in [6.45, 7) is 3.95. The zero-order valence-corrected chi connectivity index (χ0v) is 18.0. The van der Waals surface area contributed by atoms with Gasteiger partial charge >= 0.3 is 0 Å². The predicted octanol–water partition coefficient (Wildman–Crippen LogP) is 4.94. The van der Waals surface area contributed by atoms with E-state index in [1.807, 2.05) is 32.0 Å². The van der Waals surface area contributed by atoms with Crippen molar-refractivity contribution in [2.45, 2.75) is 52.0 Å². The topological polar surface area (TPSA) is 62.3 Å². The molecule has 0 unspecified atom stereocenters. The first kappa shape index (κ1) is 20.0. The Morgan fingerprint density at radius 3 is 2.63 bits per heavy atom. The van der Waals surface area contributed by atoms with Gasteiger partial charge in [0.2, 0.25) is 5.91 Å². The molecule has 5 nitrogen and oxygen atoms in total. The molecule has 1 saturated carbocycles. The van der Waals surface area contributed by atoms with Crippen molar-refractivity contribution < 1.29 is 9.59 Å². The second-order valence-corrected chi connectivity index (χ2v) is 9.06. The maximum absolute atomic E-state index is 13.2. The average Bonchev–Trinajstić information content (AvgIpc) is 2.97. The minimum atomic E-state index is -0.197. The van der Waals surface area contributed by atoms with Crippen LogP contribution in [-0.2, 0) is 4.79 Å². The van der Waals surface area contributed by atoms with E-state index in [4.69, 9.17) is 0 Å². The molecular weight excluding hydrogens is 426 g/mol. The van der Waals surface area contributed by atoms with Gasteiger partial charge in [0.1, 0.15) is 6.54 Å². The van der Waals surface area contributed by atoms with Crippen molar-refractivity contribution in [1.82, 2.24) is 9.88 Å². The van der Waals surface area contributed by atoms with Crippen LogP contribution < -0.4 is 5.32 Å². The number of halogens is 1. The number of carbonyl (C=O) groups excluding carboxylic acids is 2. The first-order chi connectivity index (χ1) is 12.9. The maximum Gasteiger partial charge on any atom is 0.254 e. The van der Waals surface area contributed by atoms with E-state index in [-0.39, 0.29) is 24.4 Å². The van der Waals surface area contributed by atoms with Crippen molar-refractivity contribution in [3.05, 3.63) is 44.9 Å². The minimum Gasteiger partial charge on any atom is -0.326 e. The molecular formula is C20H24BrN3O2S. The maximum atomic E-state index is 13.2. The Hall–Kier alpha value is -1.73. The summed E-state index contributed by atoms with van der Waals surface area (Å²) in [5.74, 6) is -0.289. The molecule has 144 valence electrons. The second-order valence-electron chi connectivity index (χ2n) is 6.94. The summed E-state index contributed by atoms with van der Waals surface area (Å²) in [7, 11) is 0. The molecule has 1 fully saturated rings. The van der Waals surface area contributed by atoms with E-state index in [0.717, 1.165) is 40.7 Å². The number of carbonyl (C=O) groups is 2. The smallest absolute Gasteiger partial charge is 0.254 e. The molecule has 0 atom stereocenters. The summed E-state index contributed by atoms with van der Waals surface area (Å²) in [4.78, 5) is 33.0. The average molecular weight is 450 g/mol. The number of rotatable bonds is 5. The van der Waals surface area contributed by atoms with E-state index >= 15 is 0 Å². The molecule has 0 saturated heterocycles. The van der Waals surface area contributed by atoms with Crippen molar-refractivity contribution in [1.29, 1.82) is 0 Å². The summed E-state index contributed by atoms with van der Waals surface area (Å²) in [5, 5.41) is 3.45. The number of nitrogens with one attached hydrogen (secondary N) is 1. The van der Waals surface area contributed by atoms with Crippen LogP contribution in [0.2, 0.25) is 0 Å². The van der Waals surface area contributed by atoms with Gasteiger partial charge in [-0.05, 0) is 44.9 Å². The van der Waals surface area contributed by atoms with E-state index in [9.17, 15) is 9.59 Å². The van der Waals surface area contributed by atoms with Crippen molar-refractivity contribution in [3.63, 3.8) is 0 Å². The van der Waals surface area contributed by atoms with E-state index in [2.05, 4.69) is 26.2 Å². The van der Waals surface area contributed by atoms with Gasteiger partial charge in [-0.1, -0.05) is 41.3 Å². The fraction of sp³-hybridized carbons (Fsp3) is 0.450. The molecule has 0 spiro atoms. The van der Waals surface area contributed by atoms with Gasteiger partial charge in [-0.3, -0.25) is 9.59 Å². The Kier molecular flexibility index (Phi) is 6.65. The Morgan fingerprint density at radius 2 is 2.00 bits per heavy atom. The first-order valence-corrected chi connectivity index (χ1v) is 10.9. The SMILES string of the molecule is Cc1nc(NC(=O)CN(C(=O)c2cccc(Br)c2)C2CCCCC2)sc1C. The highest BCUT2D eigenvalue weighted by atomic mass is 79.9. The van der Waals surface area contributed by atoms with E-state index in [1.54, 1.807) is 11.0 Å². The fourth-order valence-electron chi connectivity index (χ4n) is 3.39. The number of amides is 2. The lowest BCUT2D eigenvalue weighted by Gasteiger charge is -2.34. The van der Waals surface area contributed by atoms with Gasteiger partial charge in [-0.25, -0.2) is 4.98 Å². The molecule has 3 rings (SSSR count). The normalized spacial score (nSPS) is 14.8. The van der Waals surface area contributed by atoms with E-state index in [0.29, 0.717) is 10.7 Å². The highest BCUT2D eigenvalue weighted by Gasteiger charge is 2.28. The summed E-state index contributed by atoms with van der Waals surface area (Å²) in [5.41, 5.74) is 1.52. The molecule has 1 aliphatic carbocycles. The van der Waals surface area contributed by atoms with Gasteiger partial charge in [-0.2, -0.15) is 0 Å². The molecule has 1 heterocycles. The summed E-state index contributed by atoms with van der Waals surface area (Å²) >= 11 is 4.88. The van der Waals surface area contributed by atoms with Gasteiger partial charge in [0.05, 0.1) is 5.69 Å². The van der Waals surface area contributed by atoms with Crippen LogP contribution in [0.15, 0.2) is 28.7 Å². The molecule has 27 heavy (non-hydrogen) atoms. The van der Waals surface area contributed by atoms with Crippen molar-refractivity contribution in [3.8, 4) is 0 Å². The molecule has 1 N–H and O–H groups in total. The van der Waals surface area contributed by atoms with Crippen LogP contribution in [0.5, 0.6) is 0 Å². The van der Waals surface area contributed by atoms with Crippen LogP contribution in [0.25, 0.3) is 0 Å². The van der Waals surface area contributed by atoms with Crippen molar-refractivity contribution in [2.24, 2.45) is 0 Å². The number of hydrogen-bond acceptors (Lipinski definition) is 4. The van der Waals surface area contributed by atoms with Gasteiger partial charge < -0.3 is 10.2 Å². The van der Waals surface area contributed by atoms with Gasteiger partial charge in [0.25, 0.3) is 5.91 Å². The third-order valence-electron chi connectivity index (χ3n) is 4.94. The van der Waals surface area contributed by atoms with E-state index < -0.39 is 0 Å². The molecule has 0 bridgehead atoms. The monoisotopic (exact) mass is 449 g/mol. The zero-order chi connectivity index (χ0) is 19.4. The van der Waals surface area contributed by atoms with Crippen LogP contribution in [0, 0.1) is 13.8 Å². The van der Waals surface area contributed by atoms with Crippen molar-refractivity contribution >= 4 is 44.2 Å².